The lowest BCUT2D eigenvalue weighted by Crippen LogP contribution is -2.84. The van der Waals surface area contributed by atoms with Gasteiger partial charge in [0.1, 0.15) is 35.4 Å². The van der Waals surface area contributed by atoms with Gasteiger partial charge >= 0.3 is 23.9 Å². The monoisotopic (exact) mass is 611 g/mol. The molecule has 3 fully saturated rings. The number of aliphatic hydroxyl groups excluding tert-OH is 1. The van der Waals surface area contributed by atoms with Crippen LogP contribution < -0.4 is 0 Å². The summed E-state index contributed by atoms with van der Waals surface area (Å²) in [6.45, 7) is 6.67. The molecule has 5 rings (SSSR count). The second-order valence-corrected chi connectivity index (χ2v) is 12.5. The summed E-state index contributed by atoms with van der Waals surface area (Å²) in [7, 11) is 0. The zero-order chi connectivity index (χ0) is 32.1. The minimum atomic E-state index is -2.21. The average Bonchev–Trinajstić information content (AvgIpc) is 3.22. The standard InChI is InChI=1S/C32H37NO11/c1-18(34)40-17-31-23(42-28(38)21-12-9-13-33-16-21)14-22-15-32(31,44-29(22,3)4)30(5,39)25(36)24(26(31)41-19(2)35)43-27(37)20-10-7-6-8-11-20/h6-13,16,22-26,36,39H,14-15,17H2,1-5H3/t22-,23+,24+,25+,26+,30+,31-,32+/m1/s1. The highest BCUT2D eigenvalue weighted by atomic mass is 16.6. The summed E-state index contributed by atoms with van der Waals surface area (Å²) >= 11 is 0. The predicted molar refractivity (Wildman–Crippen MR) is 151 cm³/mol. The molecule has 12 heteroatoms. The van der Waals surface area contributed by atoms with Gasteiger partial charge in [-0.05, 0) is 63.8 Å². The van der Waals surface area contributed by atoms with Crippen LogP contribution in [0.5, 0.6) is 0 Å². The summed E-state index contributed by atoms with van der Waals surface area (Å²) in [6, 6.07) is 11.0. The maximum atomic E-state index is 13.5. The van der Waals surface area contributed by atoms with Crippen molar-refractivity contribution in [3.63, 3.8) is 0 Å². The molecule has 44 heavy (non-hydrogen) atoms. The molecule has 1 aliphatic heterocycles. The van der Waals surface area contributed by atoms with Gasteiger partial charge < -0.3 is 33.9 Å². The molecule has 1 aromatic heterocycles. The molecular formula is C32H37NO11. The zero-order valence-electron chi connectivity index (χ0n) is 25.2. The molecule has 2 N–H and O–H groups in total. The Morgan fingerprint density at radius 3 is 2.20 bits per heavy atom. The normalized spacial score (nSPS) is 35.1. The Hall–Kier alpha value is -3.87. The van der Waals surface area contributed by atoms with E-state index >= 15 is 0 Å². The van der Waals surface area contributed by atoms with E-state index in [1.54, 1.807) is 38.1 Å². The molecular weight excluding hydrogens is 574 g/mol. The fourth-order valence-corrected chi connectivity index (χ4v) is 7.35. The van der Waals surface area contributed by atoms with Gasteiger partial charge in [0.2, 0.25) is 0 Å². The molecule has 2 aliphatic carbocycles. The van der Waals surface area contributed by atoms with Crippen molar-refractivity contribution in [2.24, 2.45) is 11.3 Å². The van der Waals surface area contributed by atoms with E-state index in [1.165, 1.54) is 44.4 Å². The molecule has 1 spiro atoms. The Balaban J connectivity index is 1.73. The van der Waals surface area contributed by atoms with Crippen LogP contribution >= 0.6 is 0 Å². The van der Waals surface area contributed by atoms with Crippen LogP contribution in [0, 0.1) is 11.3 Å². The third-order valence-electron chi connectivity index (χ3n) is 9.50. The number of benzene rings is 1. The first-order valence-corrected chi connectivity index (χ1v) is 14.4. The Labute approximate surface area is 254 Å². The highest BCUT2D eigenvalue weighted by Crippen LogP contribution is 2.68. The number of ether oxygens (including phenoxy) is 5. The fourth-order valence-electron chi connectivity index (χ4n) is 7.35. The van der Waals surface area contributed by atoms with Gasteiger partial charge in [-0.2, -0.15) is 0 Å². The Morgan fingerprint density at radius 2 is 1.59 bits per heavy atom. The van der Waals surface area contributed by atoms with E-state index in [1.807, 2.05) is 0 Å². The second kappa shape index (κ2) is 11.2. The number of aliphatic hydroxyl groups is 2. The minimum absolute atomic E-state index is 0.114. The zero-order valence-corrected chi connectivity index (χ0v) is 25.2. The SMILES string of the molecule is CC(=O)OC[C@]12[C@@H](OC(=O)c3cccnc3)C[C@@H]3C[C@]1(OC3(C)C)[C@@](C)(O)[C@@H](O)[C@H](OC(=O)c1ccccc1)[C@@H]2OC(C)=O. The number of fused-ring (bicyclic) bond motifs is 1. The van der Waals surface area contributed by atoms with Crippen molar-refractivity contribution in [1.29, 1.82) is 0 Å². The van der Waals surface area contributed by atoms with E-state index in [4.69, 9.17) is 23.7 Å². The first kappa shape index (κ1) is 31.6. The van der Waals surface area contributed by atoms with Crippen LogP contribution in [-0.2, 0) is 33.3 Å². The predicted octanol–water partition coefficient (Wildman–Crippen LogP) is 2.40. The van der Waals surface area contributed by atoms with E-state index in [9.17, 15) is 29.4 Å². The van der Waals surface area contributed by atoms with Gasteiger partial charge in [0.05, 0.1) is 16.7 Å². The number of pyridine rings is 1. The number of hydrogen-bond donors (Lipinski definition) is 2. The van der Waals surface area contributed by atoms with Crippen molar-refractivity contribution in [2.75, 3.05) is 6.61 Å². The van der Waals surface area contributed by atoms with Crippen LogP contribution in [0.1, 0.15) is 68.2 Å². The summed E-state index contributed by atoms with van der Waals surface area (Å²) < 4.78 is 30.2. The summed E-state index contributed by atoms with van der Waals surface area (Å²) in [5, 5.41) is 24.2. The molecule has 3 aliphatic rings. The minimum Gasteiger partial charge on any atom is -0.465 e. The van der Waals surface area contributed by atoms with E-state index in [2.05, 4.69) is 4.98 Å². The van der Waals surface area contributed by atoms with Crippen molar-refractivity contribution in [3.8, 4) is 0 Å². The molecule has 2 bridgehead atoms. The number of aromatic nitrogens is 1. The lowest BCUT2D eigenvalue weighted by Gasteiger charge is -2.65. The lowest BCUT2D eigenvalue weighted by molar-refractivity contribution is -0.361. The largest absolute Gasteiger partial charge is 0.465 e. The van der Waals surface area contributed by atoms with Gasteiger partial charge in [-0.25, -0.2) is 9.59 Å². The molecule has 236 valence electrons. The molecule has 2 saturated carbocycles. The maximum Gasteiger partial charge on any atom is 0.340 e. The number of nitrogens with zero attached hydrogens (tertiary/aromatic N) is 1. The van der Waals surface area contributed by atoms with Crippen molar-refractivity contribution >= 4 is 23.9 Å². The maximum absolute atomic E-state index is 13.5. The molecule has 12 nitrogen and oxygen atoms in total. The molecule has 0 radical (unpaired) electrons. The summed E-state index contributed by atoms with van der Waals surface area (Å²) in [4.78, 5) is 56.0. The van der Waals surface area contributed by atoms with Gasteiger partial charge in [-0.15, -0.1) is 0 Å². The van der Waals surface area contributed by atoms with Crippen LogP contribution in [0.2, 0.25) is 0 Å². The number of hydrogen-bond acceptors (Lipinski definition) is 12. The van der Waals surface area contributed by atoms with Crippen LogP contribution in [0.4, 0.5) is 0 Å². The lowest BCUT2D eigenvalue weighted by atomic mass is 9.46. The first-order valence-electron chi connectivity index (χ1n) is 14.4. The van der Waals surface area contributed by atoms with E-state index in [0.717, 1.165) is 6.92 Å². The Kier molecular flexibility index (Phi) is 8.06. The Morgan fingerprint density at radius 1 is 0.932 bits per heavy atom. The van der Waals surface area contributed by atoms with Gasteiger partial charge in [0.15, 0.2) is 12.2 Å². The molecule has 2 aromatic rings. The van der Waals surface area contributed by atoms with E-state index < -0.39 is 77.1 Å². The molecule has 8 atom stereocenters. The first-order chi connectivity index (χ1) is 20.7. The van der Waals surface area contributed by atoms with Crippen LogP contribution in [0.15, 0.2) is 54.9 Å². The molecule has 2 heterocycles. The van der Waals surface area contributed by atoms with Crippen molar-refractivity contribution in [2.45, 2.75) is 88.7 Å². The van der Waals surface area contributed by atoms with E-state index in [-0.39, 0.29) is 29.9 Å². The quantitative estimate of drug-likeness (QED) is 0.347. The highest BCUT2D eigenvalue weighted by Gasteiger charge is 2.84. The van der Waals surface area contributed by atoms with Gasteiger partial charge in [0.25, 0.3) is 0 Å². The van der Waals surface area contributed by atoms with Gasteiger partial charge in [-0.3, -0.25) is 14.6 Å². The second-order valence-electron chi connectivity index (χ2n) is 12.5. The highest BCUT2D eigenvalue weighted by molar-refractivity contribution is 5.90. The molecule has 1 aromatic carbocycles. The summed E-state index contributed by atoms with van der Waals surface area (Å²) in [5.41, 5.74) is -6.57. The summed E-state index contributed by atoms with van der Waals surface area (Å²) in [5.74, 6) is -3.49. The average molecular weight is 612 g/mol. The van der Waals surface area contributed by atoms with Crippen molar-refractivity contribution in [1.82, 2.24) is 4.98 Å². The molecule has 0 unspecified atom stereocenters. The van der Waals surface area contributed by atoms with Gasteiger partial charge in [-0.1, -0.05) is 18.2 Å². The van der Waals surface area contributed by atoms with Crippen LogP contribution in [0.3, 0.4) is 0 Å². The third kappa shape index (κ3) is 4.94. The smallest absolute Gasteiger partial charge is 0.340 e. The van der Waals surface area contributed by atoms with Gasteiger partial charge in [0, 0.05) is 26.2 Å². The van der Waals surface area contributed by atoms with Crippen molar-refractivity contribution in [3.05, 3.63) is 66.0 Å². The number of carbonyl (C=O) groups is 4. The Bertz CT molecular complexity index is 1430. The fraction of sp³-hybridized carbons (Fsp3) is 0.531. The molecule has 1 saturated heterocycles. The number of rotatable bonds is 7. The molecule has 0 amide bonds. The number of carbonyl (C=O) groups excluding carboxylic acids is 4. The third-order valence-corrected chi connectivity index (χ3v) is 9.50. The van der Waals surface area contributed by atoms with E-state index in [0.29, 0.717) is 0 Å². The summed E-state index contributed by atoms with van der Waals surface area (Å²) in [6.07, 6.45) is -3.32. The number of esters is 4. The van der Waals surface area contributed by atoms with Crippen molar-refractivity contribution < 1.29 is 53.1 Å². The van der Waals surface area contributed by atoms with Crippen LogP contribution in [0.25, 0.3) is 0 Å². The topological polar surface area (TPSA) is 168 Å². The van der Waals surface area contributed by atoms with Crippen LogP contribution in [-0.4, -0.2) is 86.9 Å².